The standard InChI is InChI=1S/C14H23N3O4S/c1-15(2)22(19,20)17-8-6-12(7-9-17)14(18)16(3)11-13-5-4-10-21-13/h4-5,10,12H,6-9,11H2,1-3H3. The van der Waals surface area contributed by atoms with Crippen molar-refractivity contribution >= 4 is 16.1 Å². The first-order valence-electron chi connectivity index (χ1n) is 7.27. The molecule has 0 N–H and O–H groups in total. The third-order valence-corrected chi connectivity index (χ3v) is 5.88. The number of carbonyl (C=O) groups excluding carboxylic acids is 1. The topological polar surface area (TPSA) is 74.1 Å². The summed E-state index contributed by atoms with van der Waals surface area (Å²) in [6.07, 6.45) is 2.68. The van der Waals surface area contributed by atoms with E-state index in [1.807, 2.05) is 6.07 Å². The number of carbonyl (C=O) groups is 1. The molecule has 1 saturated heterocycles. The van der Waals surface area contributed by atoms with Gasteiger partial charge in [0.1, 0.15) is 5.76 Å². The van der Waals surface area contributed by atoms with Crippen molar-refractivity contribution in [2.24, 2.45) is 5.92 Å². The van der Waals surface area contributed by atoms with E-state index in [9.17, 15) is 13.2 Å². The summed E-state index contributed by atoms with van der Waals surface area (Å²) in [6.45, 7) is 1.19. The molecule has 0 spiro atoms. The third kappa shape index (κ3) is 3.68. The zero-order valence-corrected chi connectivity index (χ0v) is 14.0. The fraction of sp³-hybridized carbons (Fsp3) is 0.643. The molecule has 0 bridgehead atoms. The lowest BCUT2D eigenvalue weighted by atomic mass is 9.96. The van der Waals surface area contributed by atoms with E-state index >= 15 is 0 Å². The van der Waals surface area contributed by atoms with Gasteiger partial charge in [-0.15, -0.1) is 0 Å². The summed E-state index contributed by atoms with van der Waals surface area (Å²) in [5.41, 5.74) is 0. The lowest BCUT2D eigenvalue weighted by Crippen LogP contribution is -2.46. The maximum absolute atomic E-state index is 12.4. The van der Waals surface area contributed by atoms with Crippen LogP contribution in [0.5, 0.6) is 0 Å². The van der Waals surface area contributed by atoms with Crippen LogP contribution < -0.4 is 0 Å². The fourth-order valence-electron chi connectivity index (χ4n) is 2.59. The maximum Gasteiger partial charge on any atom is 0.281 e. The van der Waals surface area contributed by atoms with Crippen LogP contribution in [0.2, 0.25) is 0 Å². The van der Waals surface area contributed by atoms with Gasteiger partial charge in [-0.25, -0.2) is 0 Å². The van der Waals surface area contributed by atoms with E-state index in [1.165, 1.54) is 22.7 Å². The highest BCUT2D eigenvalue weighted by Gasteiger charge is 2.33. The maximum atomic E-state index is 12.4. The van der Waals surface area contributed by atoms with Gasteiger partial charge < -0.3 is 9.32 Å². The summed E-state index contributed by atoms with van der Waals surface area (Å²) in [5.74, 6) is 0.648. The number of rotatable bonds is 5. The molecule has 124 valence electrons. The second-order valence-corrected chi connectivity index (χ2v) is 7.88. The molecule has 1 amide bonds. The average Bonchev–Trinajstić information content (AvgIpc) is 2.99. The van der Waals surface area contributed by atoms with Crippen LogP contribution in [-0.2, 0) is 21.5 Å². The van der Waals surface area contributed by atoms with E-state index in [1.54, 1.807) is 24.3 Å². The molecule has 1 aromatic heterocycles. The van der Waals surface area contributed by atoms with Gasteiger partial charge in [-0.05, 0) is 25.0 Å². The van der Waals surface area contributed by atoms with E-state index in [4.69, 9.17) is 4.42 Å². The summed E-state index contributed by atoms with van der Waals surface area (Å²) >= 11 is 0. The first-order valence-corrected chi connectivity index (χ1v) is 8.67. The molecule has 0 atom stereocenters. The molecule has 22 heavy (non-hydrogen) atoms. The van der Waals surface area contributed by atoms with E-state index in [2.05, 4.69) is 0 Å². The summed E-state index contributed by atoms with van der Waals surface area (Å²) in [5, 5.41) is 0. The summed E-state index contributed by atoms with van der Waals surface area (Å²) in [6, 6.07) is 3.62. The molecular formula is C14H23N3O4S. The summed E-state index contributed by atoms with van der Waals surface area (Å²) < 4.78 is 32.0. The van der Waals surface area contributed by atoms with Crippen LogP contribution >= 0.6 is 0 Å². The lowest BCUT2D eigenvalue weighted by Gasteiger charge is -2.33. The Kier molecular flexibility index (Phi) is 5.25. The highest BCUT2D eigenvalue weighted by molar-refractivity contribution is 7.86. The van der Waals surface area contributed by atoms with Gasteiger partial charge in [0, 0.05) is 40.2 Å². The lowest BCUT2D eigenvalue weighted by molar-refractivity contribution is -0.136. The molecule has 0 unspecified atom stereocenters. The quantitative estimate of drug-likeness (QED) is 0.799. The zero-order chi connectivity index (χ0) is 16.3. The molecule has 7 nitrogen and oxygen atoms in total. The van der Waals surface area contributed by atoms with Gasteiger partial charge in [0.05, 0.1) is 12.8 Å². The monoisotopic (exact) mass is 329 g/mol. The van der Waals surface area contributed by atoms with E-state index in [0.29, 0.717) is 32.5 Å². The van der Waals surface area contributed by atoms with Crippen molar-refractivity contribution in [1.82, 2.24) is 13.5 Å². The van der Waals surface area contributed by atoms with Crippen molar-refractivity contribution in [3.63, 3.8) is 0 Å². The normalized spacial score (nSPS) is 17.8. The SMILES string of the molecule is CN(Cc1ccco1)C(=O)C1CCN(S(=O)(=O)N(C)C)CC1. The van der Waals surface area contributed by atoms with Gasteiger partial charge in [0.25, 0.3) is 10.2 Å². The number of piperidine rings is 1. The van der Waals surface area contributed by atoms with Gasteiger partial charge in [-0.2, -0.15) is 17.0 Å². The van der Waals surface area contributed by atoms with Gasteiger partial charge in [-0.1, -0.05) is 0 Å². The predicted octanol–water partition coefficient (Wildman–Crippen LogP) is 0.756. The van der Waals surface area contributed by atoms with Crippen LogP contribution in [0, 0.1) is 5.92 Å². The molecule has 2 heterocycles. The van der Waals surface area contributed by atoms with Crippen LogP contribution in [0.4, 0.5) is 0 Å². The van der Waals surface area contributed by atoms with Crippen LogP contribution in [-0.4, -0.2) is 62.1 Å². The van der Waals surface area contributed by atoms with E-state index in [-0.39, 0.29) is 11.8 Å². The van der Waals surface area contributed by atoms with Crippen molar-refractivity contribution in [2.75, 3.05) is 34.2 Å². The Bertz CT molecular complexity index is 590. The minimum absolute atomic E-state index is 0.0401. The Morgan fingerprint density at radius 1 is 1.32 bits per heavy atom. The summed E-state index contributed by atoms with van der Waals surface area (Å²) in [7, 11) is 1.40. The minimum atomic E-state index is -3.38. The Morgan fingerprint density at radius 3 is 2.45 bits per heavy atom. The Hall–Kier alpha value is -1.38. The molecule has 1 aliphatic rings. The molecule has 0 radical (unpaired) electrons. The number of hydrogen-bond acceptors (Lipinski definition) is 4. The number of amides is 1. The molecular weight excluding hydrogens is 306 g/mol. The molecule has 8 heteroatoms. The molecule has 1 aromatic rings. The third-order valence-electron chi connectivity index (χ3n) is 3.94. The van der Waals surface area contributed by atoms with Crippen LogP contribution in [0.25, 0.3) is 0 Å². The predicted molar refractivity (Wildman–Crippen MR) is 82.1 cm³/mol. The van der Waals surface area contributed by atoms with Gasteiger partial charge >= 0.3 is 0 Å². The minimum Gasteiger partial charge on any atom is -0.467 e. The largest absolute Gasteiger partial charge is 0.467 e. The van der Waals surface area contributed by atoms with Crippen LogP contribution in [0.15, 0.2) is 22.8 Å². The molecule has 1 aliphatic heterocycles. The Morgan fingerprint density at radius 2 is 1.95 bits per heavy atom. The number of hydrogen-bond donors (Lipinski definition) is 0. The van der Waals surface area contributed by atoms with Crippen LogP contribution in [0.1, 0.15) is 18.6 Å². The highest BCUT2D eigenvalue weighted by atomic mass is 32.2. The van der Waals surface area contributed by atoms with Gasteiger partial charge in [0.15, 0.2) is 0 Å². The van der Waals surface area contributed by atoms with E-state index in [0.717, 1.165) is 5.76 Å². The first kappa shape index (κ1) is 17.0. The number of furan rings is 1. The number of nitrogens with zero attached hydrogens (tertiary/aromatic N) is 3. The van der Waals surface area contributed by atoms with Crippen molar-refractivity contribution in [1.29, 1.82) is 0 Å². The Balaban J connectivity index is 1.90. The van der Waals surface area contributed by atoms with E-state index < -0.39 is 10.2 Å². The second-order valence-electron chi connectivity index (χ2n) is 5.74. The van der Waals surface area contributed by atoms with Gasteiger partial charge in [-0.3, -0.25) is 4.79 Å². The zero-order valence-electron chi connectivity index (χ0n) is 13.2. The Labute approximate surface area is 131 Å². The average molecular weight is 329 g/mol. The van der Waals surface area contributed by atoms with Crippen molar-refractivity contribution < 1.29 is 17.6 Å². The smallest absolute Gasteiger partial charge is 0.281 e. The molecule has 2 rings (SSSR count). The molecule has 0 aromatic carbocycles. The molecule has 1 fully saturated rings. The summed E-state index contributed by atoms with van der Waals surface area (Å²) in [4.78, 5) is 14.1. The highest BCUT2D eigenvalue weighted by Crippen LogP contribution is 2.22. The van der Waals surface area contributed by atoms with Crippen LogP contribution in [0.3, 0.4) is 0 Å². The molecule has 0 aliphatic carbocycles. The van der Waals surface area contributed by atoms with Crippen molar-refractivity contribution in [3.05, 3.63) is 24.2 Å². The van der Waals surface area contributed by atoms with Crippen molar-refractivity contribution in [3.8, 4) is 0 Å². The first-order chi connectivity index (χ1) is 10.3. The van der Waals surface area contributed by atoms with Gasteiger partial charge in [0.2, 0.25) is 5.91 Å². The van der Waals surface area contributed by atoms with Crippen molar-refractivity contribution in [2.45, 2.75) is 19.4 Å². The fourth-order valence-corrected chi connectivity index (χ4v) is 3.72. The second kappa shape index (κ2) is 6.80. The molecule has 0 saturated carbocycles.